The molecule has 2 heterocycles. The molecule has 0 saturated carbocycles. The lowest BCUT2D eigenvalue weighted by atomic mass is 9.97. The Morgan fingerprint density at radius 1 is 0.636 bits per heavy atom. The smallest absolute Gasteiger partial charge is 0.358 e. The monoisotopic (exact) mass is 1110 g/mol. The lowest BCUT2D eigenvalue weighted by Gasteiger charge is -2.21. The molecule has 8 N–H and O–H groups in total. The Labute approximate surface area is 447 Å². The molecule has 0 fully saturated rings. The molecule has 0 saturated heterocycles. The number of aliphatic hydroxyl groups is 2. The zero-order valence-corrected chi connectivity index (χ0v) is 42.7. The average molecular weight is 1120 g/mol. The van der Waals surface area contributed by atoms with Crippen LogP contribution in [-0.2, 0) is 51.0 Å². The third kappa shape index (κ3) is 21.2. The quantitative estimate of drug-likeness (QED) is 0.0229. The van der Waals surface area contributed by atoms with Gasteiger partial charge in [0.1, 0.15) is 17.8 Å². The van der Waals surface area contributed by atoms with Crippen LogP contribution in [0.5, 0.6) is 0 Å². The molecule has 0 unspecified atom stereocenters. The van der Waals surface area contributed by atoms with E-state index < -0.39 is 79.4 Å². The molecule has 0 aliphatic carbocycles. The van der Waals surface area contributed by atoms with Crippen molar-refractivity contribution in [2.24, 2.45) is 5.73 Å². The number of nitrogens with two attached hydrogens (primary N) is 1. The third-order valence-corrected chi connectivity index (χ3v) is 10.9. The Balaban J connectivity index is 0.000000291. The number of aromatic nitrogens is 6. The molecule has 27 heteroatoms. The number of aliphatic hydroxyl groups excluding tert-OH is 2. The van der Waals surface area contributed by atoms with E-state index in [-0.39, 0.29) is 49.3 Å². The minimum absolute atomic E-state index is 0.0214. The van der Waals surface area contributed by atoms with E-state index in [1.54, 1.807) is 61.5 Å². The zero-order chi connectivity index (χ0) is 56.6. The van der Waals surface area contributed by atoms with Crippen LogP contribution in [0.2, 0.25) is 10.0 Å². The predicted molar refractivity (Wildman–Crippen MR) is 267 cm³/mol. The summed E-state index contributed by atoms with van der Waals surface area (Å²) < 4.78 is 47.2. The van der Waals surface area contributed by atoms with Gasteiger partial charge in [0, 0.05) is 52.5 Å². The number of rotatable bonds is 23. The number of halogens is 4. The zero-order valence-electron chi connectivity index (χ0n) is 41.2. The Morgan fingerprint density at radius 2 is 1.06 bits per heavy atom. The van der Waals surface area contributed by atoms with Crippen LogP contribution in [0, 0.1) is 11.6 Å². The van der Waals surface area contributed by atoms with E-state index in [1.165, 1.54) is 30.3 Å². The van der Waals surface area contributed by atoms with Gasteiger partial charge in [0.15, 0.2) is 23.6 Å². The summed E-state index contributed by atoms with van der Waals surface area (Å²) in [6, 6.07) is 21.1. The highest BCUT2D eigenvalue weighted by atomic mass is 35.5. The number of aromatic carboxylic acids is 1. The molecule has 0 aliphatic heterocycles. The van der Waals surface area contributed by atoms with Gasteiger partial charge in [0.2, 0.25) is 13.6 Å². The van der Waals surface area contributed by atoms with E-state index in [0.717, 1.165) is 18.0 Å². The first-order valence-corrected chi connectivity index (χ1v) is 24.0. The maximum absolute atomic E-state index is 14.2. The van der Waals surface area contributed by atoms with E-state index in [1.807, 2.05) is 6.92 Å². The van der Waals surface area contributed by atoms with Gasteiger partial charge in [0.25, 0.3) is 5.91 Å². The molecule has 6 rings (SSSR count). The van der Waals surface area contributed by atoms with Crippen molar-refractivity contribution in [3.8, 4) is 22.3 Å². The molecule has 412 valence electrons. The number of carboxylic acids is 1. The number of nitrogens with zero attached hydrogens (tertiary/aromatic N) is 6. The second-order valence-electron chi connectivity index (χ2n) is 16.5. The molecule has 0 bridgehead atoms. The first-order valence-electron chi connectivity index (χ1n) is 23.3. The molecule has 2 aromatic heterocycles. The topological polar surface area (TPSA) is 340 Å². The fraction of sp³-hybridized carbons (Fsp3) is 0.320. The van der Waals surface area contributed by atoms with Gasteiger partial charge in [-0.05, 0) is 101 Å². The summed E-state index contributed by atoms with van der Waals surface area (Å²) in [5, 5.41) is 62.5. The standard InChI is InChI=1S/C25H26ClFN4O7.C22H25ClFNO5.C3H3N3O3/c1-2-3-23(33)37-14-38-25(35)22(32)12-18(28-24(34)21-13-31(36)30-29-21)10-15-4-6-16(7-5-15)19-11-17(26)8-9-20(19)27;1-2-3-21(27)29-13-30-22(28)20(26)12-17(25)10-14-4-6-15(7-5-14)18-11-16(23)8-9-19(18)24;7-3(8)2-1-6(9)5-4-2/h4-9,11,13,18,22,32,36H,2-3,10,12,14H2,1H3,(H,28,34);4-9,11,17,20,26H,2-3,10,12-13,25H2,1H3;1,9H,(H,7,8)/t18-,22-;17-,20-;/m11./s1. The van der Waals surface area contributed by atoms with Crippen LogP contribution in [0.4, 0.5) is 8.78 Å². The van der Waals surface area contributed by atoms with Crippen LogP contribution in [0.15, 0.2) is 97.3 Å². The van der Waals surface area contributed by atoms with Crippen molar-refractivity contribution in [3.63, 3.8) is 0 Å². The summed E-state index contributed by atoms with van der Waals surface area (Å²) in [6.45, 7) is 2.43. The number of benzene rings is 4. The molecule has 23 nitrogen and oxygen atoms in total. The van der Waals surface area contributed by atoms with Crippen LogP contribution >= 0.6 is 23.2 Å². The summed E-state index contributed by atoms with van der Waals surface area (Å²) in [7, 11) is 0. The summed E-state index contributed by atoms with van der Waals surface area (Å²) in [6.07, 6.45) is 0.652. The molecular weight excluding hydrogens is 1060 g/mol. The number of esters is 4. The van der Waals surface area contributed by atoms with Crippen molar-refractivity contribution < 1.29 is 82.2 Å². The van der Waals surface area contributed by atoms with Gasteiger partial charge in [-0.3, -0.25) is 14.4 Å². The Hall–Kier alpha value is -8.10. The number of amides is 1. The van der Waals surface area contributed by atoms with Crippen LogP contribution in [0.1, 0.15) is 84.5 Å². The Bertz CT molecular complexity index is 2910. The summed E-state index contributed by atoms with van der Waals surface area (Å²) >= 11 is 11.9. The molecule has 0 spiro atoms. The van der Waals surface area contributed by atoms with E-state index in [9.17, 15) is 53.0 Å². The minimum Gasteiger partial charge on any atom is -0.476 e. The fourth-order valence-corrected chi connectivity index (χ4v) is 7.06. The normalized spacial score (nSPS) is 12.2. The number of hydrogen-bond donors (Lipinski definition) is 7. The van der Waals surface area contributed by atoms with Crippen LogP contribution in [-0.4, -0.2) is 130 Å². The average Bonchev–Trinajstić information content (AvgIpc) is 4.05. The van der Waals surface area contributed by atoms with Crippen LogP contribution in [0.25, 0.3) is 22.3 Å². The molecule has 77 heavy (non-hydrogen) atoms. The lowest BCUT2D eigenvalue weighted by molar-refractivity contribution is -0.175. The van der Waals surface area contributed by atoms with Crippen molar-refractivity contribution in [2.75, 3.05) is 13.6 Å². The summed E-state index contributed by atoms with van der Waals surface area (Å²) in [5.41, 5.74) is 9.08. The molecule has 6 aromatic rings. The van der Waals surface area contributed by atoms with E-state index in [2.05, 4.69) is 25.9 Å². The summed E-state index contributed by atoms with van der Waals surface area (Å²) in [4.78, 5) is 69.8. The van der Waals surface area contributed by atoms with Crippen LogP contribution in [0.3, 0.4) is 0 Å². The van der Waals surface area contributed by atoms with Gasteiger partial charge in [0.05, 0.1) is 6.20 Å². The Morgan fingerprint density at radius 3 is 1.47 bits per heavy atom. The highest BCUT2D eigenvalue weighted by Crippen LogP contribution is 2.28. The number of nitrogens with one attached hydrogen (secondary N) is 1. The van der Waals surface area contributed by atoms with Crippen LogP contribution < -0.4 is 11.1 Å². The van der Waals surface area contributed by atoms with Gasteiger partial charge in [-0.15, -0.1) is 10.2 Å². The van der Waals surface area contributed by atoms with Crippen molar-refractivity contribution in [1.82, 2.24) is 35.6 Å². The highest BCUT2D eigenvalue weighted by Gasteiger charge is 2.26. The third-order valence-electron chi connectivity index (χ3n) is 10.4. The molecule has 4 atom stereocenters. The second-order valence-corrected chi connectivity index (χ2v) is 17.4. The number of carboxylic acid groups (broad SMARTS) is 1. The van der Waals surface area contributed by atoms with Gasteiger partial charge in [-0.2, -0.15) is 0 Å². The maximum Gasteiger partial charge on any atom is 0.358 e. The number of ether oxygens (including phenoxy) is 4. The van der Waals surface area contributed by atoms with Crippen molar-refractivity contribution >= 4 is 59.0 Å². The number of carbonyl (C=O) groups excluding carboxylic acids is 5. The number of hydrogen-bond acceptors (Lipinski definition) is 19. The van der Waals surface area contributed by atoms with E-state index in [4.69, 9.17) is 58.2 Å². The second kappa shape index (κ2) is 31.1. The van der Waals surface area contributed by atoms with Crippen molar-refractivity contribution in [2.45, 2.75) is 89.5 Å². The van der Waals surface area contributed by atoms with Gasteiger partial charge in [-0.1, -0.05) is 95.3 Å². The van der Waals surface area contributed by atoms with Gasteiger partial charge < -0.3 is 55.7 Å². The van der Waals surface area contributed by atoms with Gasteiger partial charge in [-0.25, -0.2) is 23.2 Å². The van der Waals surface area contributed by atoms with Crippen molar-refractivity contribution in [3.05, 3.63) is 142 Å². The van der Waals surface area contributed by atoms with E-state index >= 15 is 0 Å². The maximum atomic E-state index is 14.2. The molecule has 4 aromatic carbocycles. The molecule has 0 radical (unpaired) electrons. The first-order chi connectivity index (χ1) is 36.6. The lowest BCUT2D eigenvalue weighted by Crippen LogP contribution is -2.41. The molecule has 0 aliphatic rings. The van der Waals surface area contributed by atoms with Crippen molar-refractivity contribution in [1.29, 1.82) is 0 Å². The molecule has 1 amide bonds. The van der Waals surface area contributed by atoms with Gasteiger partial charge >= 0.3 is 29.8 Å². The SMILES string of the molecule is CCCC(=O)OCOC(=O)[C@H](O)C[C@@H](Cc1ccc(-c2cc(Cl)ccc2F)cc1)NC(=O)c1cn(O)nn1.CCCC(=O)OCOC(=O)[C@H](O)C[C@H](N)Cc1ccc(-c2cc(Cl)ccc2F)cc1.O=C(O)c1cn(O)nn1. The fourth-order valence-electron chi connectivity index (χ4n) is 6.71. The predicted octanol–water partition coefficient (Wildman–Crippen LogP) is 5.74. The van der Waals surface area contributed by atoms with E-state index in [0.29, 0.717) is 66.8 Å². The first kappa shape index (κ1) is 61.4. The Kier molecular flexibility index (Phi) is 24.8. The molecular formula is C50H54Cl2F2N8O15. The summed E-state index contributed by atoms with van der Waals surface area (Å²) in [5.74, 6) is -5.69. The minimum atomic E-state index is -1.65. The highest BCUT2D eigenvalue weighted by molar-refractivity contribution is 6.31. The largest absolute Gasteiger partial charge is 0.476 e. The number of carbonyl (C=O) groups is 6.